The average Bonchev–Trinajstić information content (AvgIpc) is 2.66. The lowest BCUT2D eigenvalue weighted by Crippen LogP contribution is -2.44. The van der Waals surface area contributed by atoms with Crippen LogP contribution in [0.2, 0.25) is 0 Å². The summed E-state index contributed by atoms with van der Waals surface area (Å²) in [5.74, 6) is 0.846. The molecule has 0 amide bonds. The van der Waals surface area contributed by atoms with Crippen LogP contribution in [0.25, 0.3) is 0 Å². The minimum absolute atomic E-state index is 0.260. The molecule has 0 atom stereocenters. The summed E-state index contributed by atoms with van der Waals surface area (Å²) in [6.45, 7) is 3.19. The third-order valence-corrected chi connectivity index (χ3v) is 4.96. The molecule has 0 radical (unpaired) electrons. The molecule has 1 fully saturated rings. The summed E-state index contributed by atoms with van der Waals surface area (Å²) in [7, 11) is 1.98. The van der Waals surface area contributed by atoms with E-state index in [0.717, 1.165) is 30.4 Å². The first-order valence-corrected chi connectivity index (χ1v) is 8.67. The zero-order valence-corrected chi connectivity index (χ0v) is 15.2. The first-order valence-electron chi connectivity index (χ1n) is 8.67. The van der Waals surface area contributed by atoms with Gasteiger partial charge in [0.2, 0.25) is 0 Å². The van der Waals surface area contributed by atoms with E-state index < -0.39 is 11.7 Å². The molecule has 0 saturated carbocycles. The highest BCUT2D eigenvalue weighted by Gasteiger charge is 2.34. The number of nitrogens with zero attached hydrogens (tertiary/aromatic N) is 5. The van der Waals surface area contributed by atoms with E-state index in [1.54, 1.807) is 12.1 Å². The molecule has 1 aliphatic heterocycles. The summed E-state index contributed by atoms with van der Waals surface area (Å²) >= 11 is 0. The predicted molar refractivity (Wildman–Crippen MR) is 96.6 cm³/mol. The van der Waals surface area contributed by atoms with Crippen molar-refractivity contribution in [2.45, 2.75) is 32.0 Å². The molecule has 0 N–H and O–H groups in total. The van der Waals surface area contributed by atoms with Crippen LogP contribution in [-0.4, -0.2) is 36.1 Å². The summed E-state index contributed by atoms with van der Waals surface area (Å²) < 4.78 is 39.5. The highest BCUT2D eigenvalue weighted by Crippen LogP contribution is 2.35. The number of halogens is 3. The Morgan fingerprint density at radius 2 is 1.89 bits per heavy atom. The molecule has 0 spiro atoms. The van der Waals surface area contributed by atoms with Crippen LogP contribution in [0.15, 0.2) is 30.6 Å². The zero-order chi connectivity index (χ0) is 19.6. The summed E-state index contributed by atoms with van der Waals surface area (Å²) in [4.78, 5) is 12.4. The maximum absolute atomic E-state index is 13.2. The summed E-state index contributed by atoms with van der Waals surface area (Å²) in [5, 5.41) is 8.93. The fourth-order valence-corrected chi connectivity index (χ4v) is 3.39. The Morgan fingerprint density at radius 1 is 1.19 bits per heavy atom. The number of alkyl halides is 3. The summed E-state index contributed by atoms with van der Waals surface area (Å²) in [6, 6.07) is 7.72. The first kappa shape index (κ1) is 19.0. The van der Waals surface area contributed by atoms with E-state index >= 15 is 0 Å². The fourth-order valence-electron chi connectivity index (χ4n) is 3.39. The van der Waals surface area contributed by atoms with Gasteiger partial charge in [0.1, 0.15) is 12.1 Å². The highest BCUT2D eigenvalue weighted by molar-refractivity contribution is 5.55. The van der Waals surface area contributed by atoms with Gasteiger partial charge in [-0.2, -0.15) is 18.4 Å². The van der Waals surface area contributed by atoms with Gasteiger partial charge in [0.05, 0.1) is 17.2 Å². The molecule has 5 nitrogen and oxygen atoms in total. The van der Waals surface area contributed by atoms with Gasteiger partial charge in [0.25, 0.3) is 0 Å². The molecule has 2 aromatic rings. The largest absolute Gasteiger partial charge is 0.417 e. The van der Waals surface area contributed by atoms with Crippen molar-refractivity contribution in [3.8, 4) is 6.07 Å². The van der Waals surface area contributed by atoms with Crippen LogP contribution in [0, 0.1) is 18.3 Å². The Labute approximate surface area is 156 Å². The standard InChI is InChI=1S/C19H20F3N5/c1-13-9-18(25-12-24-13)26(2)15-5-7-27(8-6-15)16-4-3-14(11-23)17(10-16)19(20,21)22/h3-4,9-10,12,15H,5-8H2,1-2H3. The maximum atomic E-state index is 13.2. The van der Waals surface area contributed by atoms with Gasteiger partial charge in [-0.25, -0.2) is 9.97 Å². The van der Waals surface area contributed by atoms with Crippen LogP contribution in [-0.2, 0) is 6.18 Å². The van der Waals surface area contributed by atoms with Crippen LogP contribution in [0.1, 0.15) is 29.7 Å². The van der Waals surface area contributed by atoms with Crippen molar-refractivity contribution < 1.29 is 13.2 Å². The lowest BCUT2D eigenvalue weighted by molar-refractivity contribution is -0.137. The van der Waals surface area contributed by atoms with Gasteiger partial charge in [-0.1, -0.05) is 0 Å². The quantitative estimate of drug-likeness (QED) is 0.817. The van der Waals surface area contributed by atoms with Gasteiger partial charge in [-0.3, -0.25) is 0 Å². The Kier molecular flexibility index (Phi) is 5.22. The van der Waals surface area contributed by atoms with Gasteiger partial charge >= 0.3 is 6.18 Å². The van der Waals surface area contributed by atoms with E-state index in [-0.39, 0.29) is 11.6 Å². The number of hydrogen-bond acceptors (Lipinski definition) is 5. The van der Waals surface area contributed by atoms with Crippen molar-refractivity contribution in [2.75, 3.05) is 29.9 Å². The Bertz CT molecular complexity index is 851. The van der Waals surface area contributed by atoms with Crippen molar-refractivity contribution in [2.24, 2.45) is 0 Å². The maximum Gasteiger partial charge on any atom is 0.417 e. The number of nitriles is 1. The lowest BCUT2D eigenvalue weighted by atomic mass is 10.0. The van der Waals surface area contributed by atoms with Crippen LogP contribution >= 0.6 is 0 Å². The van der Waals surface area contributed by atoms with E-state index in [0.29, 0.717) is 18.8 Å². The van der Waals surface area contributed by atoms with E-state index in [1.165, 1.54) is 12.4 Å². The van der Waals surface area contributed by atoms with E-state index in [9.17, 15) is 13.2 Å². The van der Waals surface area contributed by atoms with Crippen LogP contribution in [0.4, 0.5) is 24.7 Å². The number of benzene rings is 1. The summed E-state index contributed by atoms with van der Waals surface area (Å²) in [5.41, 5.74) is 0.167. The molecule has 8 heteroatoms. The molecular weight excluding hydrogens is 355 g/mol. The second kappa shape index (κ2) is 7.43. The molecule has 1 aromatic heterocycles. The number of aryl methyl sites for hydroxylation is 1. The Hall–Kier alpha value is -2.82. The Morgan fingerprint density at radius 3 is 2.48 bits per heavy atom. The van der Waals surface area contributed by atoms with Gasteiger partial charge in [0.15, 0.2) is 0 Å². The third kappa shape index (κ3) is 4.13. The van der Waals surface area contributed by atoms with E-state index in [2.05, 4.69) is 14.9 Å². The molecule has 1 aliphatic rings. The van der Waals surface area contributed by atoms with Crippen molar-refractivity contribution in [1.82, 2.24) is 9.97 Å². The molecule has 0 aliphatic carbocycles. The molecule has 3 rings (SSSR count). The number of rotatable bonds is 3. The number of piperidine rings is 1. The smallest absolute Gasteiger partial charge is 0.371 e. The monoisotopic (exact) mass is 375 g/mol. The topological polar surface area (TPSA) is 56.0 Å². The molecular formula is C19H20F3N5. The number of aromatic nitrogens is 2. The minimum atomic E-state index is -4.54. The van der Waals surface area contributed by atoms with E-state index in [4.69, 9.17) is 5.26 Å². The van der Waals surface area contributed by atoms with Gasteiger partial charge in [-0.15, -0.1) is 0 Å². The second-order valence-corrected chi connectivity index (χ2v) is 6.69. The normalized spacial score (nSPS) is 15.5. The fraction of sp³-hybridized carbons (Fsp3) is 0.421. The molecule has 2 heterocycles. The third-order valence-electron chi connectivity index (χ3n) is 4.96. The zero-order valence-electron chi connectivity index (χ0n) is 15.2. The van der Waals surface area contributed by atoms with Gasteiger partial charge in [0, 0.05) is 43.6 Å². The van der Waals surface area contributed by atoms with Crippen molar-refractivity contribution in [1.29, 1.82) is 5.26 Å². The van der Waals surface area contributed by atoms with Gasteiger partial charge < -0.3 is 9.80 Å². The van der Waals surface area contributed by atoms with Crippen LogP contribution in [0.5, 0.6) is 0 Å². The summed E-state index contributed by atoms with van der Waals surface area (Å²) in [6.07, 6.45) is -1.39. The van der Waals surface area contributed by atoms with Crippen molar-refractivity contribution >= 4 is 11.5 Å². The average molecular weight is 375 g/mol. The number of anilines is 2. The lowest BCUT2D eigenvalue weighted by Gasteiger charge is -2.38. The second-order valence-electron chi connectivity index (χ2n) is 6.69. The molecule has 0 unspecified atom stereocenters. The Balaban J connectivity index is 1.72. The molecule has 27 heavy (non-hydrogen) atoms. The van der Waals surface area contributed by atoms with E-state index in [1.807, 2.05) is 24.9 Å². The highest BCUT2D eigenvalue weighted by atomic mass is 19.4. The molecule has 1 aromatic carbocycles. The first-order chi connectivity index (χ1) is 12.8. The minimum Gasteiger partial charge on any atom is -0.371 e. The van der Waals surface area contributed by atoms with Crippen LogP contribution in [0.3, 0.4) is 0 Å². The van der Waals surface area contributed by atoms with Crippen molar-refractivity contribution in [3.63, 3.8) is 0 Å². The van der Waals surface area contributed by atoms with Crippen LogP contribution < -0.4 is 9.80 Å². The predicted octanol–water partition coefficient (Wildman–Crippen LogP) is 3.78. The molecule has 142 valence electrons. The SMILES string of the molecule is Cc1cc(N(C)C2CCN(c3ccc(C#N)c(C(F)(F)F)c3)CC2)ncn1. The number of hydrogen-bond donors (Lipinski definition) is 0. The van der Waals surface area contributed by atoms with Crippen molar-refractivity contribution in [3.05, 3.63) is 47.4 Å². The molecule has 1 saturated heterocycles. The van der Waals surface area contributed by atoms with Gasteiger partial charge in [-0.05, 0) is 38.0 Å². The molecule has 0 bridgehead atoms.